The summed E-state index contributed by atoms with van der Waals surface area (Å²) in [5.74, 6) is -0.447. The van der Waals surface area contributed by atoms with Crippen molar-refractivity contribution in [1.29, 1.82) is 0 Å². The summed E-state index contributed by atoms with van der Waals surface area (Å²) in [6.45, 7) is 0.710. The molecule has 192 valence electrons. The van der Waals surface area contributed by atoms with Crippen LogP contribution in [-0.4, -0.2) is 60.5 Å². The Kier molecular flexibility index (Phi) is 8.09. The number of ether oxygens (including phenoxy) is 1. The highest BCUT2D eigenvalue weighted by atomic mass is 19.1. The molecule has 1 amide bonds. The second-order valence-corrected chi connectivity index (χ2v) is 9.92. The number of esters is 1. The predicted octanol–water partition coefficient (Wildman–Crippen LogP) is 5.03. The van der Waals surface area contributed by atoms with Crippen molar-refractivity contribution in [2.75, 3.05) is 27.7 Å². The van der Waals surface area contributed by atoms with Crippen molar-refractivity contribution in [3.05, 3.63) is 71.7 Å². The number of aromatic nitrogens is 1. The van der Waals surface area contributed by atoms with Gasteiger partial charge in [0.2, 0.25) is 5.91 Å². The molecule has 2 aliphatic rings. The molecule has 1 saturated carbocycles. The number of H-pyrrole nitrogens is 1. The first-order valence-corrected chi connectivity index (χ1v) is 12.7. The zero-order valence-electron chi connectivity index (χ0n) is 21.4. The van der Waals surface area contributed by atoms with Gasteiger partial charge in [0, 0.05) is 35.6 Å². The van der Waals surface area contributed by atoms with Crippen LogP contribution in [0.4, 0.5) is 4.39 Å². The maximum absolute atomic E-state index is 13.2. The molecule has 0 radical (unpaired) electrons. The summed E-state index contributed by atoms with van der Waals surface area (Å²) >= 11 is 0. The van der Waals surface area contributed by atoms with Crippen molar-refractivity contribution in [3.8, 4) is 0 Å². The predicted molar refractivity (Wildman–Crippen MR) is 139 cm³/mol. The fraction of sp³-hybridized carbons (Fsp3) is 0.448. The van der Waals surface area contributed by atoms with Crippen LogP contribution in [-0.2, 0) is 26.3 Å². The minimum atomic E-state index is -0.327. The third-order valence-electron chi connectivity index (χ3n) is 7.70. The van der Waals surface area contributed by atoms with Crippen molar-refractivity contribution in [2.45, 2.75) is 56.5 Å². The zero-order chi connectivity index (χ0) is 25.7. The van der Waals surface area contributed by atoms with E-state index >= 15 is 0 Å². The van der Waals surface area contributed by atoms with Crippen molar-refractivity contribution >= 4 is 22.8 Å². The minimum absolute atomic E-state index is 0.0583. The van der Waals surface area contributed by atoms with Gasteiger partial charge >= 0.3 is 5.97 Å². The Labute approximate surface area is 212 Å². The number of amides is 1. The molecular formula is C29H36FN3O3. The summed E-state index contributed by atoms with van der Waals surface area (Å²) in [4.78, 5) is 32.9. The number of aromatic amines is 1. The van der Waals surface area contributed by atoms with Crippen LogP contribution in [0.25, 0.3) is 10.9 Å². The van der Waals surface area contributed by atoms with Crippen LogP contribution >= 0.6 is 0 Å². The SMILES string of the molecule is COC(=O)CCC(=O)N1CCc2c([nH]c3ccccc23)C12CCC(N(C)C)CC2.Fc1ccccc1. The molecule has 1 aliphatic heterocycles. The van der Waals surface area contributed by atoms with Gasteiger partial charge < -0.3 is 19.5 Å². The fourth-order valence-corrected chi connectivity index (χ4v) is 5.77. The lowest BCUT2D eigenvalue weighted by atomic mass is 9.72. The lowest BCUT2D eigenvalue weighted by Crippen LogP contribution is -2.56. The van der Waals surface area contributed by atoms with Crippen LogP contribution in [0, 0.1) is 5.82 Å². The molecule has 1 spiro atoms. The largest absolute Gasteiger partial charge is 0.469 e. The Balaban J connectivity index is 0.000000375. The van der Waals surface area contributed by atoms with E-state index in [0.29, 0.717) is 12.6 Å². The number of rotatable bonds is 4. The smallest absolute Gasteiger partial charge is 0.306 e. The quantitative estimate of drug-likeness (QED) is 0.518. The van der Waals surface area contributed by atoms with Crippen molar-refractivity contribution in [1.82, 2.24) is 14.8 Å². The molecule has 1 aromatic heterocycles. The average molecular weight is 494 g/mol. The van der Waals surface area contributed by atoms with Crippen LogP contribution in [0.2, 0.25) is 0 Å². The van der Waals surface area contributed by atoms with Gasteiger partial charge in [-0.05, 0) is 70.0 Å². The first-order chi connectivity index (χ1) is 17.4. The third kappa shape index (κ3) is 5.31. The van der Waals surface area contributed by atoms with Gasteiger partial charge in [-0.3, -0.25) is 9.59 Å². The number of carbonyl (C=O) groups is 2. The molecule has 0 saturated heterocycles. The number of carbonyl (C=O) groups excluding carboxylic acids is 2. The minimum Gasteiger partial charge on any atom is -0.469 e. The highest BCUT2D eigenvalue weighted by Crippen LogP contribution is 2.48. The molecule has 5 rings (SSSR count). The fourth-order valence-electron chi connectivity index (χ4n) is 5.77. The van der Waals surface area contributed by atoms with Crippen LogP contribution in [0.5, 0.6) is 0 Å². The van der Waals surface area contributed by atoms with E-state index in [-0.39, 0.29) is 36.1 Å². The van der Waals surface area contributed by atoms with Crippen LogP contribution in [0.15, 0.2) is 54.6 Å². The second kappa shape index (κ2) is 11.2. The summed E-state index contributed by atoms with van der Waals surface area (Å²) < 4.78 is 16.6. The third-order valence-corrected chi connectivity index (χ3v) is 7.70. The normalized spacial score (nSPS) is 21.1. The average Bonchev–Trinajstić information content (AvgIpc) is 3.28. The Hall–Kier alpha value is -3.19. The molecule has 3 aromatic rings. The first-order valence-electron chi connectivity index (χ1n) is 12.7. The van der Waals surface area contributed by atoms with E-state index in [2.05, 4.69) is 53.1 Å². The van der Waals surface area contributed by atoms with Gasteiger partial charge in [-0.2, -0.15) is 0 Å². The number of hydrogen-bond donors (Lipinski definition) is 1. The molecule has 1 fully saturated rings. The van der Waals surface area contributed by atoms with Crippen molar-refractivity contribution in [3.63, 3.8) is 0 Å². The van der Waals surface area contributed by atoms with Gasteiger partial charge in [0.25, 0.3) is 0 Å². The Morgan fingerprint density at radius 1 is 1.06 bits per heavy atom. The van der Waals surface area contributed by atoms with E-state index in [1.165, 1.54) is 35.9 Å². The second-order valence-electron chi connectivity index (χ2n) is 9.92. The monoisotopic (exact) mass is 493 g/mol. The molecule has 7 heteroatoms. The van der Waals surface area contributed by atoms with Gasteiger partial charge in [0.1, 0.15) is 5.82 Å². The summed E-state index contributed by atoms with van der Waals surface area (Å²) in [6.07, 6.45) is 5.20. The first kappa shape index (κ1) is 25.9. The maximum atomic E-state index is 13.2. The number of methoxy groups -OCH3 is 1. The number of nitrogens with one attached hydrogen (secondary N) is 1. The summed E-state index contributed by atoms with van der Waals surface area (Å²) in [5.41, 5.74) is 3.43. The van der Waals surface area contributed by atoms with E-state index in [1.54, 1.807) is 18.2 Å². The van der Waals surface area contributed by atoms with Crippen molar-refractivity contribution < 1.29 is 18.7 Å². The van der Waals surface area contributed by atoms with Gasteiger partial charge in [-0.25, -0.2) is 4.39 Å². The highest BCUT2D eigenvalue weighted by molar-refractivity contribution is 5.87. The lowest BCUT2D eigenvalue weighted by molar-refractivity contribution is -0.147. The van der Waals surface area contributed by atoms with E-state index < -0.39 is 0 Å². The van der Waals surface area contributed by atoms with Crippen molar-refractivity contribution in [2.24, 2.45) is 0 Å². The number of hydrogen-bond acceptors (Lipinski definition) is 4. The Bertz CT molecular complexity index is 1180. The van der Waals surface area contributed by atoms with Gasteiger partial charge in [-0.1, -0.05) is 36.4 Å². The number of para-hydroxylation sites is 1. The summed E-state index contributed by atoms with van der Waals surface area (Å²) in [5, 5.41) is 1.28. The number of benzene rings is 2. The van der Waals surface area contributed by atoms with E-state index in [1.807, 2.05) is 0 Å². The van der Waals surface area contributed by atoms with E-state index in [4.69, 9.17) is 4.74 Å². The zero-order valence-corrected chi connectivity index (χ0v) is 21.4. The van der Waals surface area contributed by atoms with E-state index in [9.17, 15) is 14.0 Å². The molecule has 1 aliphatic carbocycles. The van der Waals surface area contributed by atoms with E-state index in [0.717, 1.165) is 37.6 Å². The van der Waals surface area contributed by atoms with Gasteiger partial charge in [0.05, 0.1) is 19.1 Å². The Morgan fingerprint density at radius 2 is 1.72 bits per heavy atom. The molecule has 2 aromatic carbocycles. The van der Waals surface area contributed by atoms with Gasteiger partial charge in [0.15, 0.2) is 0 Å². The topological polar surface area (TPSA) is 65.6 Å². The number of nitrogens with zero attached hydrogens (tertiary/aromatic N) is 2. The standard InChI is InChI=1S/C23H31N3O3.C6H5F/c1-25(2)16-10-13-23(14-11-16)22-18(17-6-4-5-7-19(17)24-22)12-15-26(23)20(27)8-9-21(28)29-3;7-6-4-2-1-3-5-6/h4-7,16,24H,8-15H2,1-3H3;1-5H. The summed E-state index contributed by atoms with van der Waals surface area (Å²) in [6, 6.07) is 16.9. The molecule has 0 unspecified atom stereocenters. The lowest BCUT2D eigenvalue weighted by Gasteiger charge is -2.51. The van der Waals surface area contributed by atoms with Crippen LogP contribution in [0.3, 0.4) is 0 Å². The molecule has 1 N–H and O–H groups in total. The van der Waals surface area contributed by atoms with Crippen LogP contribution < -0.4 is 0 Å². The van der Waals surface area contributed by atoms with Crippen LogP contribution in [0.1, 0.15) is 49.8 Å². The molecule has 6 nitrogen and oxygen atoms in total. The highest BCUT2D eigenvalue weighted by Gasteiger charge is 2.48. The number of fused-ring (bicyclic) bond motifs is 4. The summed E-state index contributed by atoms with van der Waals surface area (Å²) in [7, 11) is 5.64. The Morgan fingerprint density at radius 3 is 2.33 bits per heavy atom. The molecular weight excluding hydrogens is 457 g/mol. The maximum Gasteiger partial charge on any atom is 0.306 e. The number of halogens is 1. The molecule has 2 heterocycles. The molecule has 0 atom stereocenters. The molecule has 0 bridgehead atoms. The molecule has 36 heavy (non-hydrogen) atoms. The van der Waals surface area contributed by atoms with Gasteiger partial charge in [-0.15, -0.1) is 0 Å².